The fraction of sp³-hybridized carbons (Fsp3) is 0.0256. The second-order valence-electron chi connectivity index (χ2n) is 10.7. The molecule has 0 saturated heterocycles. The summed E-state index contributed by atoms with van der Waals surface area (Å²) < 4.78 is 0. The molecule has 5 aromatic carbocycles. The molecule has 0 saturated carbocycles. The van der Waals surface area contributed by atoms with Gasteiger partial charge in [0.05, 0.1) is 5.69 Å². The van der Waals surface area contributed by atoms with Crippen molar-refractivity contribution in [3.05, 3.63) is 172 Å². The monoisotopic (exact) mass is 700 g/mol. The lowest BCUT2D eigenvalue weighted by Gasteiger charge is -2.17. The van der Waals surface area contributed by atoms with Crippen molar-refractivity contribution < 1.29 is 14.4 Å². The van der Waals surface area contributed by atoms with Crippen molar-refractivity contribution >= 4 is 69.3 Å². The number of hydrogen-bond donors (Lipinski definition) is 3. The Morgan fingerprint density at radius 3 is 2.16 bits per heavy atom. The van der Waals surface area contributed by atoms with E-state index >= 15 is 0 Å². The largest absolute Gasteiger partial charge is 0.321 e. The predicted octanol–water partition coefficient (Wildman–Crippen LogP) is 9.35. The molecule has 1 heterocycles. The first-order chi connectivity index (χ1) is 23.9. The number of thiazole rings is 1. The highest BCUT2D eigenvalue weighted by Gasteiger charge is 2.24. The molecule has 10 heteroatoms. The van der Waals surface area contributed by atoms with E-state index in [1.54, 1.807) is 66.7 Å². The summed E-state index contributed by atoms with van der Waals surface area (Å²) in [5, 5.41) is 10.9. The van der Waals surface area contributed by atoms with Crippen molar-refractivity contribution in [3.63, 3.8) is 0 Å². The van der Waals surface area contributed by atoms with Gasteiger partial charge in [-0.2, -0.15) is 0 Å². The first-order valence-corrected chi connectivity index (χ1v) is 17.3. The highest BCUT2D eigenvalue weighted by molar-refractivity contribution is 8.00. The summed E-state index contributed by atoms with van der Waals surface area (Å²) in [5.41, 5.74) is 4.03. The van der Waals surface area contributed by atoms with Crippen LogP contribution in [0, 0.1) is 0 Å². The number of thioether (sulfide) groups is 1. The third-order valence-electron chi connectivity index (χ3n) is 7.22. The van der Waals surface area contributed by atoms with Gasteiger partial charge in [0.2, 0.25) is 5.91 Å². The fourth-order valence-electron chi connectivity index (χ4n) is 4.82. The van der Waals surface area contributed by atoms with E-state index in [9.17, 15) is 14.4 Å². The molecule has 0 aliphatic rings. The molecule has 6 aromatic rings. The van der Waals surface area contributed by atoms with E-state index in [1.165, 1.54) is 29.2 Å². The molecule has 1 unspecified atom stereocenters. The van der Waals surface area contributed by atoms with Crippen LogP contribution in [0.2, 0.25) is 5.02 Å². The van der Waals surface area contributed by atoms with E-state index < -0.39 is 17.1 Å². The van der Waals surface area contributed by atoms with Gasteiger partial charge in [0, 0.05) is 32.1 Å². The molecule has 49 heavy (non-hydrogen) atoms. The van der Waals surface area contributed by atoms with Gasteiger partial charge in [-0.25, -0.2) is 4.98 Å². The SMILES string of the molecule is O=C(Nc1cccc(SC(C(=O)Nc2nc(-c3ccccc3)cs2)c2ccccc2)c1)/C(=C\c1ccccc1Cl)NC(=O)c1ccccc1. The maximum absolute atomic E-state index is 13.7. The minimum absolute atomic E-state index is 0.0138. The van der Waals surface area contributed by atoms with E-state index in [1.807, 2.05) is 78.2 Å². The van der Waals surface area contributed by atoms with E-state index in [4.69, 9.17) is 11.6 Å². The summed E-state index contributed by atoms with van der Waals surface area (Å²) in [5.74, 6) is -1.21. The van der Waals surface area contributed by atoms with Crippen molar-refractivity contribution in [2.24, 2.45) is 0 Å². The fourth-order valence-corrected chi connectivity index (χ4v) is 6.81. The molecule has 0 aliphatic carbocycles. The third-order valence-corrected chi connectivity index (χ3v) is 9.57. The minimum atomic E-state index is -0.614. The molecule has 6 rings (SSSR count). The number of nitrogens with one attached hydrogen (secondary N) is 3. The molecule has 7 nitrogen and oxygen atoms in total. The van der Waals surface area contributed by atoms with E-state index in [0.717, 1.165) is 21.7 Å². The molecule has 0 spiro atoms. The van der Waals surface area contributed by atoms with E-state index in [2.05, 4.69) is 20.9 Å². The average molecular weight is 701 g/mol. The van der Waals surface area contributed by atoms with Gasteiger partial charge in [-0.1, -0.05) is 115 Å². The average Bonchev–Trinajstić information content (AvgIpc) is 3.61. The minimum Gasteiger partial charge on any atom is -0.321 e. The van der Waals surface area contributed by atoms with Gasteiger partial charge in [0.1, 0.15) is 10.9 Å². The molecular weight excluding hydrogens is 672 g/mol. The van der Waals surface area contributed by atoms with E-state index in [0.29, 0.717) is 27.0 Å². The van der Waals surface area contributed by atoms with Gasteiger partial charge in [-0.05, 0) is 53.6 Å². The van der Waals surface area contributed by atoms with Crippen molar-refractivity contribution in [2.45, 2.75) is 10.1 Å². The zero-order valence-corrected chi connectivity index (χ0v) is 28.3. The lowest BCUT2D eigenvalue weighted by molar-refractivity contribution is -0.116. The summed E-state index contributed by atoms with van der Waals surface area (Å²) in [6.45, 7) is 0. The summed E-state index contributed by atoms with van der Waals surface area (Å²) in [4.78, 5) is 45.8. The molecule has 1 atom stereocenters. The molecule has 3 amide bonds. The summed E-state index contributed by atoms with van der Waals surface area (Å²) >= 11 is 9.10. The molecule has 3 N–H and O–H groups in total. The number of amides is 3. The number of carbonyl (C=O) groups excluding carboxylic acids is 3. The first-order valence-electron chi connectivity index (χ1n) is 15.2. The maximum atomic E-state index is 13.7. The van der Waals surface area contributed by atoms with Crippen molar-refractivity contribution in [1.29, 1.82) is 0 Å². The standard InChI is InChI=1S/C39H29ClN4O3S2/c40-32-22-11-10-19-29(32)23-33(42-36(45)28-17-8-3-9-18-28)37(46)41-30-20-12-21-31(24-30)49-35(27-15-6-2-7-16-27)38(47)44-39-43-34(25-48-39)26-13-4-1-5-14-26/h1-25,35H,(H,41,46)(H,42,45)(H,43,44,47)/b33-23+. The summed E-state index contributed by atoms with van der Waals surface area (Å²) in [6.07, 6.45) is 1.54. The van der Waals surface area contributed by atoms with Gasteiger partial charge >= 0.3 is 0 Å². The highest BCUT2D eigenvalue weighted by atomic mass is 35.5. The van der Waals surface area contributed by atoms with Gasteiger partial charge in [0.25, 0.3) is 11.8 Å². The second-order valence-corrected chi connectivity index (χ2v) is 13.1. The quantitative estimate of drug-likeness (QED) is 0.0924. The van der Waals surface area contributed by atoms with E-state index in [-0.39, 0.29) is 11.6 Å². The van der Waals surface area contributed by atoms with Gasteiger partial charge in [0.15, 0.2) is 5.13 Å². The zero-order chi connectivity index (χ0) is 34.0. The number of aromatic nitrogens is 1. The topological polar surface area (TPSA) is 100 Å². The van der Waals surface area contributed by atoms with Crippen LogP contribution in [0.5, 0.6) is 0 Å². The number of hydrogen-bond acceptors (Lipinski definition) is 6. The number of rotatable bonds is 11. The van der Waals surface area contributed by atoms with Crippen LogP contribution in [-0.2, 0) is 9.59 Å². The Morgan fingerprint density at radius 2 is 1.43 bits per heavy atom. The Kier molecular flexibility index (Phi) is 11.0. The lowest BCUT2D eigenvalue weighted by Crippen LogP contribution is -2.30. The normalized spacial score (nSPS) is 11.7. The van der Waals surface area contributed by atoms with Gasteiger partial charge in [-0.3, -0.25) is 14.4 Å². The Bertz CT molecular complexity index is 2110. The Labute approximate surface area is 297 Å². The van der Waals surface area contributed by atoms with Crippen molar-refractivity contribution in [1.82, 2.24) is 10.3 Å². The molecule has 1 aromatic heterocycles. The predicted molar refractivity (Wildman–Crippen MR) is 200 cm³/mol. The number of halogens is 1. The van der Waals surface area contributed by atoms with Crippen molar-refractivity contribution in [2.75, 3.05) is 10.6 Å². The molecule has 242 valence electrons. The van der Waals surface area contributed by atoms with Crippen molar-refractivity contribution in [3.8, 4) is 11.3 Å². The van der Waals surface area contributed by atoms with Crippen LogP contribution in [0.25, 0.3) is 17.3 Å². The van der Waals surface area contributed by atoms with Crippen LogP contribution >= 0.6 is 34.7 Å². The first kappa shape index (κ1) is 33.4. The zero-order valence-electron chi connectivity index (χ0n) is 25.9. The highest BCUT2D eigenvalue weighted by Crippen LogP contribution is 2.38. The summed E-state index contributed by atoms with van der Waals surface area (Å²) in [7, 11) is 0. The number of carbonyl (C=O) groups is 3. The molecular formula is C39H29ClN4O3S2. The molecule has 0 radical (unpaired) electrons. The molecule has 0 aliphatic heterocycles. The molecule has 0 bridgehead atoms. The van der Waals surface area contributed by atoms with Crippen LogP contribution in [0.15, 0.2) is 155 Å². The lowest BCUT2D eigenvalue weighted by atomic mass is 10.1. The number of nitrogens with zero attached hydrogens (tertiary/aromatic N) is 1. The van der Waals surface area contributed by atoms with Crippen LogP contribution in [-0.4, -0.2) is 22.7 Å². The van der Waals surface area contributed by atoms with Crippen LogP contribution in [0.1, 0.15) is 26.7 Å². The van der Waals surface area contributed by atoms with Gasteiger partial charge in [-0.15, -0.1) is 23.1 Å². The number of anilines is 2. The Balaban J connectivity index is 1.21. The van der Waals surface area contributed by atoms with Crippen LogP contribution in [0.3, 0.4) is 0 Å². The molecule has 0 fully saturated rings. The Hall–Kier alpha value is -5.48. The smallest absolute Gasteiger partial charge is 0.272 e. The summed E-state index contributed by atoms with van der Waals surface area (Å²) in [6, 6.07) is 42.1. The van der Waals surface area contributed by atoms with Gasteiger partial charge < -0.3 is 16.0 Å². The Morgan fingerprint density at radius 1 is 0.755 bits per heavy atom. The third kappa shape index (κ3) is 8.91. The second kappa shape index (κ2) is 16.1. The maximum Gasteiger partial charge on any atom is 0.272 e. The van der Waals surface area contributed by atoms with Crippen LogP contribution < -0.4 is 16.0 Å². The number of benzene rings is 5. The van der Waals surface area contributed by atoms with Crippen LogP contribution in [0.4, 0.5) is 10.8 Å².